The third kappa shape index (κ3) is 4.39. The summed E-state index contributed by atoms with van der Waals surface area (Å²) in [6.45, 7) is 13.2. The van der Waals surface area contributed by atoms with Crippen molar-refractivity contribution >= 4 is 12.1 Å². The van der Waals surface area contributed by atoms with Crippen molar-refractivity contribution in [1.29, 1.82) is 0 Å². The summed E-state index contributed by atoms with van der Waals surface area (Å²) < 4.78 is 11.0. The van der Waals surface area contributed by atoms with E-state index in [0.29, 0.717) is 0 Å². The number of amides is 1. The van der Waals surface area contributed by atoms with E-state index < -0.39 is 34.7 Å². The van der Waals surface area contributed by atoms with Crippen LogP contribution in [0.2, 0.25) is 0 Å². The Morgan fingerprint density at radius 3 is 2.21 bits per heavy atom. The molecule has 3 atom stereocenters. The fourth-order valence-corrected chi connectivity index (χ4v) is 3.59. The zero-order valence-electron chi connectivity index (χ0n) is 18.1. The maximum absolute atomic E-state index is 13.2. The van der Waals surface area contributed by atoms with E-state index >= 15 is 0 Å². The lowest BCUT2D eigenvalue weighted by atomic mass is 9.86. The monoisotopic (exact) mass is 392 g/mol. The Labute approximate surface area is 168 Å². The number of benzene rings is 1. The molecule has 0 spiro atoms. The normalized spacial score (nSPS) is 28.1. The third-order valence-electron chi connectivity index (χ3n) is 5.52. The van der Waals surface area contributed by atoms with Crippen molar-refractivity contribution in [3.05, 3.63) is 35.9 Å². The molecule has 6 heteroatoms. The first-order valence-corrected chi connectivity index (χ1v) is 9.71. The first kappa shape index (κ1) is 22.4. The first-order chi connectivity index (χ1) is 12.7. The molecular formula is C22H34NO5+. The minimum Gasteiger partial charge on any atom is -0.459 e. The van der Waals surface area contributed by atoms with Crippen molar-refractivity contribution in [3.63, 3.8) is 0 Å². The summed E-state index contributed by atoms with van der Waals surface area (Å²) in [5.74, 6) is -0.493. The quantitative estimate of drug-likeness (QED) is 0.628. The highest BCUT2D eigenvalue weighted by Gasteiger charge is 2.66. The minimum absolute atomic E-state index is 0.104. The van der Waals surface area contributed by atoms with Crippen molar-refractivity contribution in [2.45, 2.75) is 72.3 Å². The van der Waals surface area contributed by atoms with Gasteiger partial charge in [-0.15, -0.1) is 0 Å². The van der Waals surface area contributed by atoms with Crippen LogP contribution in [0.4, 0.5) is 4.79 Å². The Balaban J connectivity index is 2.28. The molecule has 1 aromatic rings. The molecule has 1 saturated heterocycles. The number of esters is 1. The number of likely N-dealkylation sites (tertiary alicyclic amines) is 1. The van der Waals surface area contributed by atoms with Gasteiger partial charge in [-0.3, -0.25) is 4.79 Å². The van der Waals surface area contributed by atoms with Crippen LogP contribution in [0.25, 0.3) is 0 Å². The van der Waals surface area contributed by atoms with Crippen molar-refractivity contribution in [2.75, 3.05) is 13.1 Å². The summed E-state index contributed by atoms with van der Waals surface area (Å²) in [6.07, 6.45) is -1.45. The molecule has 1 N–H and O–H groups in total. The average molecular weight is 393 g/mol. The number of carbonyl (C=O) groups excluding carboxylic acids is 2. The Morgan fingerprint density at radius 2 is 1.71 bits per heavy atom. The first-order valence-electron chi connectivity index (χ1n) is 9.71. The topological polar surface area (TPSA) is 72.8 Å². The Morgan fingerprint density at radius 1 is 1.14 bits per heavy atom. The number of ether oxygens (including phenoxy) is 2. The van der Waals surface area contributed by atoms with Crippen LogP contribution in [-0.4, -0.2) is 52.0 Å². The molecule has 0 aromatic heterocycles. The van der Waals surface area contributed by atoms with Gasteiger partial charge in [-0.2, -0.15) is 4.79 Å². The van der Waals surface area contributed by atoms with Gasteiger partial charge in [0.05, 0.1) is 0 Å². The van der Waals surface area contributed by atoms with E-state index in [4.69, 9.17) is 9.47 Å². The zero-order valence-corrected chi connectivity index (χ0v) is 18.1. The Kier molecular flexibility index (Phi) is 5.98. The van der Waals surface area contributed by atoms with Gasteiger partial charge >= 0.3 is 12.1 Å². The zero-order chi connectivity index (χ0) is 21.4. The van der Waals surface area contributed by atoms with E-state index in [1.165, 1.54) is 0 Å². The van der Waals surface area contributed by atoms with E-state index in [1.807, 2.05) is 51.1 Å². The van der Waals surface area contributed by atoms with Crippen LogP contribution in [0.3, 0.4) is 0 Å². The van der Waals surface area contributed by atoms with Gasteiger partial charge in [0.25, 0.3) is 0 Å². The minimum atomic E-state index is -1.19. The third-order valence-corrected chi connectivity index (χ3v) is 5.52. The van der Waals surface area contributed by atoms with Crippen LogP contribution >= 0.6 is 0 Å². The van der Waals surface area contributed by atoms with Crippen LogP contribution < -0.4 is 0 Å². The highest BCUT2D eigenvalue weighted by molar-refractivity contribution is 5.79. The van der Waals surface area contributed by atoms with Crippen LogP contribution in [0.1, 0.15) is 54.0 Å². The summed E-state index contributed by atoms with van der Waals surface area (Å²) in [6, 6.07) is 9.45. The second-order valence-corrected chi connectivity index (χ2v) is 9.95. The van der Waals surface area contributed by atoms with Crippen LogP contribution in [-0.2, 0) is 20.9 Å². The summed E-state index contributed by atoms with van der Waals surface area (Å²) in [5.41, 5.74) is -1.54. The molecule has 28 heavy (non-hydrogen) atoms. The molecule has 1 aliphatic rings. The van der Waals surface area contributed by atoms with Crippen LogP contribution in [0.5, 0.6) is 0 Å². The molecule has 1 aliphatic heterocycles. The largest absolute Gasteiger partial charge is 0.516 e. The average Bonchev–Trinajstić information content (AvgIpc) is 2.86. The lowest BCUT2D eigenvalue weighted by Crippen LogP contribution is -2.63. The number of quaternary nitrogens is 1. The van der Waals surface area contributed by atoms with Gasteiger partial charge in [-0.25, -0.2) is 4.48 Å². The molecule has 1 aromatic carbocycles. The molecule has 1 amide bonds. The second kappa shape index (κ2) is 7.48. The molecule has 0 bridgehead atoms. The van der Waals surface area contributed by atoms with Gasteiger partial charge in [-0.1, -0.05) is 30.3 Å². The molecule has 2 rings (SSSR count). The summed E-state index contributed by atoms with van der Waals surface area (Å²) in [5, 5.41) is 10.8. The van der Waals surface area contributed by atoms with Gasteiger partial charge < -0.3 is 14.6 Å². The Hall–Kier alpha value is -1.92. The summed E-state index contributed by atoms with van der Waals surface area (Å²) >= 11 is 0. The molecule has 156 valence electrons. The van der Waals surface area contributed by atoms with Crippen molar-refractivity contribution < 1.29 is 28.7 Å². The van der Waals surface area contributed by atoms with Crippen molar-refractivity contribution in [1.82, 2.24) is 0 Å². The smallest absolute Gasteiger partial charge is 0.459 e. The van der Waals surface area contributed by atoms with E-state index in [2.05, 4.69) is 0 Å². The lowest BCUT2D eigenvalue weighted by Gasteiger charge is -2.42. The van der Waals surface area contributed by atoms with E-state index in [9.17, 15) is 14.7 Å². The summed E-state index contributed by atoms with van der Waals surface area (Å²) in [7, 11) is 0. The fraction of sp³-hybridized carbons (Fsp3) is 0.636. The predicted octanol–water partition coefficient (Wildman–Crippen LogP) is 3.66. The number of rotatable bonds is 3. The maximum atomic E-state index is 13.2. The van der Waals surface area contributed by atoms with Crippen molar-refractivity contribution in [3.8, 4) is 0 Å². The van der Waals surface area contributed by atoms with E-state index in [1.54, 1.807) is 27.7 Å². The predicted molar refractivity (Wildman–Crippen MR) is 106 cm³/mol. The van der Waals surface area contributed by atoms with Crippen molar-refractivity contribution in [2.24, 2.45) is 5.41 Å². The molecule has 1 fully saturated rings. The van der Waals surface area contributed by atoms with Gasteiger partial charge in [0.2, 0.25) is 0 Å². The van der Waals surface area contributed by atoms with Gasteiger partial charge in [0.15, 0.2) is 0 Å². The van der Waals surface area contributed by atoms with E-state index in [0.717, 1.165) is 5.56 Å². The number of aliphatic hydroxyl groups is 1. The summed E-state index contributed by atoms with van der Waals surface area (Å²) in [4.78, 5) is 26.1. The van der Waals surface area contributed by atoms with Crippen LogP contribution in [0, 0.1) is 5.41 Å². The molecular weight excluding hydrogens is 358 g/mol. The molecule has 0 saturated carbocycles. The van der Waals surface area contributed by atoms with Gasteiger partial charge in [0.1, 0.15) is 42.4 Å². The lowest BCUT2D eigenvalue weighted by molar-refractivity contribution is -0.895. The SMILES string of the molecule is CC(C)(C)OC(=O)[C@@]1(C)C[N+](C(=O)OCc2ccccc2)(C(C)(C)C)CC1O. The van der Waals surface area contributed by atoms with Gasteiger partial charge in [0, 0.05) is 0 Å². The molecule has 2 unspecified atom stereocenters. The molecule has 6 nitrogen and oxygen atoms in total. The highest BCUT2D eigenvalue weighted by atomic mass is 16.6. The van der Waals surface area contributed by atoms with Gasteiger partial charge in [-0.05, 0) is 54.0 Å². The number of hydrogen-bond donors (Lipinski definition) is 1. The molecule has 0 radical (unpaired) electrons. The van der Waals surface area contributed by atoms with Crippen LogP contribution in [0.15, 0.2) is 30.3 Å². The highest BCUT2D eigenvalue weighted by Crippen LogP contribution is 2.43. The molecule has 1 heterocycles. The number of carbonyl (C=O) groups is 2. The molecule has 0 aliphatic carbocycles. The van der Waals surface area contributed by atoms with E-state index in [-0.39, 0.29) is 24.2 Å². The standard InChI is InChI=1S/C22H34NO5/c1-20(2,3)23(19(26)27-14-16-11-9-8-10-12-16)13-17(24)22(7,15-23)18(25)28-21(4,5)6/h8-12,17,24H,13-15H2,1-7H3/q+1/t17?,22-,23?/m0/s1. The number of aliphatic hydroxyl groups excluding tert-OH is 1. The Bertz CT molecular complexity index is 719. The number of hydrogen-bond acceptors (Lipinski definition) is 5. The fourth-order valence-electron chi connectivity index (χ4n) is 3.59. The second-order valence-electron chi connectivity index (χ2n) is 9.95. The maximum Gasteiger partial charge on any atom is 0.516 e. The number of nitrogens with zero attached hydrogens (tertiary/aromatic N) is 1.